The molecule has 0 aromatic carbocycles. The molecule has 2 heterocycles. The molecule has 2 aliphatic rings. The Labute approximate surface area is 82.1 Å². The number of carbonyl (C=O) groups excluding carboxylic acids is 1. The molecule has 1 fully saturated rings. The lowest BCUT2D eigenvalue weighted by Gasteiger charge is -2.04. The third-order valence-corrected chi connectivity index (χ3v) is 3.20. The molecule has 1 saturated heterocycles. The molecule has 0 spiro atoms. The van der Waals surface area contributed by atoms with Crippen molar-refractivity contribution in [1.29, 1.82) is 0 Å². The van der Waals surface area contributed by atoms with E-state index in [-0.39, 0.29) is 5.91 Å². The summed E-state index contributed by atoms with van der Waals surface area (Å²) >= 11 is 0. The molecular formula is C10H13N3O. The summed E-state index contributed by atoms with van der Waals surface area (Å²) in [5.41, 5.74) is 3.81. The van der Waals surface area contributed by atoms with Crippen molar-refractivity contribution in [1.82, 2.24) is 15.5 Å². The summed E-state index contributed by atoms with van der Waals surface area (Å²) in [5, 5.41) is 10.3. The molecule has 3 rings (SSSR count). The molecule has 4 nitrogen and oxygen atoms in total. The number of carbonyl (C=O) groups is 1. The number of nitrogens with zero attached hydrogens (tertiary/aromatic N) is 1. The number of aromatic nitrogens is 2. The highest BCUT2D eigenvalue weighted by Gasteiger charge is 2.29. The third-order valence-electron chi connectivity index (χ3n) is 3.20. The molecule has 1 unspecified atom stereocenters. The second-order valence-corrected chi connectivity index (χ2v) is 4.12. The largest absolute Gasteiger partial charge is 0.355 e. The molecule has 14 heavy (non-hydrogen) atoms. The van der Waals surface area contributed by atoms with Crippen molar-refractivity contribution in [3.05, 3.63) is 17.0 Å². The lowest BCUT2D eigenvalue weighted by Crippen LogP contribution is -2.13. The molecule has 0 saturated carbocycles. The highest BCUT2D eigenvalue weighted by molar-refractivity contribution is 5.79. The second-order valence-electron chi connectivity index (χ2n) is 4.12. The third kappa shape index (κ3) is 1.06. The minimum Gasteiger partial charge on any atom is -0.355 e. The van der Waals surface area contributed by atoms with Gasteiger partial charge in [0.1, 0.15) is 0 Å². The van der Waals surface area contributed by atoms with Crippen molar-refractivity contribution in [2.24, 2.45) is 0 Å². The van der Waals surface area contributed by atoms with Gasteiger partial charge >= 0.3 is 0 Å². The van der Waals surface area contributed by atoms with Gasteiger partial charge in [-0.1, -0.05) is 0 Å². The fraction of sp³-hybridized carbons (Fsp3) is 0.600. The molecule has 2 N–H and O–H groups in total. The van der Waals surface area contributed by atoms with Crippen LogP contribution < -0.4 is 5.32 Å². The summed E-state index contributed by atoms with van der Waals surface area (Å²) in [6, 6.07) is 0. The molecule has 1 aromatic rings. The molecule has 1 amide bonds. The monoisotopic (exact) mass is 191 g/mol. The van der Waals surface area contributed by atoms with E-state index in [1.807, 2.05) is 0 Å². The van der Waals surface area contributed by atoms with E-state index in [0.717, 1.165) is 25.1 Å². The molecular weight excluding hydrogens is 178 g/mol. The van der Waals surface area contributed by atoms with Crippen LogP contribution in [0.3, 0.4) is 0 Å². The quantitative estimate of drug-likeness (QED) is 0.679. The summed E-state index contributed by atoms with van der Waals surface area (Å²) in [6.45, 7) is 0.760. The van der Waals surface area contributed by atoms with Crippen molar-refractivity contribution in [3.8, 4) is 0 Å². The molecule has 0 bridgehead atoms. The van der Waals surface area contributed by atoms with Crippen LogP contribution in [0.2, 0.25) is 0 Å². The van der Waals surface area contributed by atoms with Crippen LogP contribution in [0.1, 0.15) is 35.7 Å². The predicted octanol–water partition coefficient (Wildman–Crippen LogP) is 0.502. The number of nitrogens with one attached hydrogen (secondary N) is 2. The van der Waals surface area contributed by atoms with Crippen LogP contribution in [-0.4, -0.2) is 22.6 Å². The van der Waals surface area contributed by atoms with Gasteiger partial charge in [-0.3, -0.25) is 9.89 Å². The fourth-order valence-corrected chi connectivity index (χ4v) is 2.48. The zero-order valence-corrected chi connectivity index (χ0v) is 7.97. The van der Waals surface area contributed by atoms with Crippen molar-refractivity contribution in [3.63, 3.8) is 0 Å². The highest BCUT2D eigenvalue weighted by atomic mass is 16.1. The van der Waals surface area contributed by atoms with Crippen molar-refractivity contribution < 1.29 is 4.79 Å². The maximum atomic E-state index is 11.1. The minimum absolute atomic E-state index is 0.157. The van der Waals surface area contributed by atoms with E-state index in [2.05, 4.69) is 15.5 Å². The topological polar surface area (TPSA) is 57.8 Å². The molecule has 0 radical (unpaired) electrons. The van der Waals surface area contributed by atoms with Crippen molar-refractivity contribution in [2.75, 3.05) is 6.54 Å². The average molecular weight is 191 g/mol. The van der Waals surface area contributed by atoms with E-state index in [4.69, 9.17) is 0 Å². The number of H-pyrrole nitrogens is 1. The summed E-state index contributed by atoms with van der Waals surface area (Å²) in [7, 11) is 0. The fourth-order valence-electron chi connectivity index (χ4n) is 2.48. The first-order valence-corrected chi connectivity index (χ1v) is 5.17. The van der Waals surface area contributed by atoms with Gasteiger partial charge < -0.3 is 5.32 Å². The number of hydrogen-bond donors (Lipinski definition) is 2. The van der Waals surface area contributed by atoms with Crippen LogP contribution in [0.25, 0.3) is 0 Å². The Balaban J connectivity index is 1.93. The zero-order chi connectivity index (χ0) is 9.54. The average Bonchev–Trinajstić information content (AvgIpc) is 2.77. The van der Waals surface area contributed by atoms with Gasteiger partial charge in [0.05, 0.1) is 5.69 Å². The number of hydrogen-bond acceptors (Lipinski definition) is 2. The van der Waals surface area contributed by atoms with E-state index < -0.39 is 0 Å². The first kappa shape index (κ1) is 8.03. The molecule has 1 aliphatic carbocycles. The van der Waals surface area contributed by atoms with Crippen LogP contribution in [0.4, 0.5) is 0 Å². The first-order valence-electron chi connectivity index (χ1n) is 5.17. The summed E-state index contributed by atoms with van der Waals surface area (Å²) in [4.78, 5) is 11.1. The van der Waals surface area contributed by atoms with Gasteiger partial charge in [0.2, 0.25) is 5.91 Å². The summed E-state index contributed by atoms with van der Waals surface area (Å²) in [5.74, 6) is 0.463. The van der Waals surface area contributed by atoms with Crippen LogP contribution in [0.15, 0.2) is 0 Å². The Morgan fingerprint density at radius 2 is 2.29 bits per heavy atom. The van der Waals surface area contributed by atoms with Gasteiger partial charge in [-0.2, -0.15) is 5.10 Å². The number of amides is 1. The number of aryl methyl sites for hydroxylation is 1. The van der Waals surface area contributed by atoms with E-state index in [1.165, 1.54) is 17.7 Å². The second kappa shape index (κ2) is 2.83. The standard InChI is InChI=1S/C10H13N3O/c14-9-4-6(5-11-9)10-7-2-1-3-8(7)12-13-10/h6H,1-5H2,(H,11,14)(H,12,13). The molecule has 1 aromatic heterocycles. The Morgan fingerprint density at radius 3 is 3.07 bits per heavy atom. The van der Waals surface area contributed by atoms with Crippen LogP contribution in [0, 0.1) is 0 Å². The number of aromatic amines is 1. The van der Waals surface area contributed by atoms with E-state index in [0.29, 0.717) is 12.3 Å². The smallest absolute Gasteiger partial charge is 0.220 e. The minimum atomic E-state index is 0.157. The highest BCUT2D eigenvalue weighted by Crippen LogP contribution is 2.30. The van der Waals surface area contributed by atoms with Gasteiger partial charge in [-0.25, -0.2) is 0 Å². The molecule has 4 heteroatoms. The van der Waals surface area contributed by atoms with Gasteiger partial charge in [-0.15, -0.1) is 0 Å². The van der Waals surface area contributed by atoms with Crippen LogP contribution >= 0.6 is 0 Å². The van der Waals surface area contributed by atoms with E-state index >= 15 is 0 Å². The zero-order valence-electron chi connectivity index (χ0n) is 7.97. The maximum absolute atomic E-state index is 11.1. The SMILES string of the molecule is O=C1CC(c2n[nH]c3c2CCC3)CN1. The van der Waals surface area contributed by atoms with Crippen molar-refractivity contribution in [2.45, 2.75) is 31.6 Å². The summed E-state index contributed by atoms with van der Waals surface area (Å²) in [6.07, 6.45) is 4.09. The van der Waals surface area contributed by atoms with Gasteiger partial charge in [0.15, 0.2) is 0 Å². The summed E-state index contributed by atoms with van der Waals surface area (Å²) < 4.78 is 0. The Kier molecular flexibility index (Phi) is 1.63. The Bertz CT molecular complexity index is 383. The van der Waals surface area contributed by atoms with Gasteiger partial charge in [0.25, 0.3) is 0 Å². The van der Waals surface area contributed by atoms with E-state index in [1.54, 1.807) is 0 Å². The van der Waals surface area contributed by atoms with Crippen molar-refractivity contribution >= 4 is 5.91 Å². The first-order chi connectivity index (χ1) is 6.84. The number of rotatable bonds is 1. The lowest BCUT2D eigenvalue weighted by molar-refractivity contribution is -0.119. The molecule has 1 aliphatic heterocycles. The van der Waals surface area contributed by atoms with Gasteiger partial charge in [-0.05, 0) is 24.8 Å². The lowest BCUT2D eigenvalue weighted by atomic mass is 10.00. The Hall–Kier alpha value is -1.32. The Morgan fingerprint density at radius 1 is 1.36 bits per heavy atom. The predicted molar refractivity (Wildman–Crippen MR) is 51.0 cm³/mol. The molecule has 74 valence electrons. The van der Waals surface area contributed by atoms with Gasteiger partial charge in [0, 0.05) is 24.6 Å². The normalized spacial score (nSPS) is 25.1. The van der Waals surface area contributed by atoms with Crippen LogP contribution in [0.5, 0.6) is 0 Å². The molecule has 1 atom stereocenters. The maximum Gasteiger partial charge on any atom is 0.220 e. The van der Waals surface area contributed by atoms with E-state index in [9.17, 15) is 4.79 Å². The number of fused-ring (bicyclic) bond motifs is 1. The van der Waals surface area contributed by atoms with Crippen LogP contribution in [-0.2, 0) is 17.6 Å².